The van der Waals surface area contributed by atoms with E-state index in [2.05, 4.69) is 9.97 Å². The lowest BCUT2D eigenvalue weighted by Crippen LogP contribution is -1.99. The van der Waals surface area contributed by atoms with Crippen LogP contribution < -0.4 is 0 Å². The van der Waals surface area contributed by atoms with Crippen molar-refractivity contribution in [3.05, 3.63) is 70.9 Å². The first-order valence-corrected chi connectivity index (χ1v) is 7.86. The molecule has 0 atom stereocenters. The van der Waals surface area contributed by atoms with Crippen molar-refractivity contribution in [3.63, 3.8) is 0 Å². The van der Waals surface area contributed by atoms with Gasteiger partial charge in [0, 0.05) is 17.1 Å². The van der Waals surface area contributed by atoms with Gasteiger partial charge in [0.2, 0.25) is 5.89 Å². The van der Waals surface area contributed by atoms with Crippen molar-refractivity contribution >= 4 is 34.2 Å². The lowest BCUT2D eigenvalue weighted by molar-refractivity contribution is 0.481. The summed E-state index contributed by atoms with van der Waals surface area (Å²) in [5, 5.41) is 1.32. The molecule has 0 aliphatic carbocycles. The van der Waals surface area contributed by atoms with Crippen molar-refractivity contribution in [2.75, 3.05) is 0 Å². The lowest BCUT2D eigenvalue weighted by atomic mass is 10.1. The minimum absolute atomic E-state index is 0.0865. The first kappa shape index (κ1) is 15.2. The Morgan fingerprint density at radius 2 is 2.04 bits per heavy atom. The van der Waals surface area contributed by atoms with Gasteiger partial charge in [-0.25, -0.2) is 14.4 Å². The number of pyridine rings is 1. The summed E-state index contributed by atoms with van der Waals surface area (Å²) in [6.07, 6.45) is 4.97. The van der Waals surface area contributed by atoms with Crippen LogP contribution in [0.15, 0.2) is 53.4 Å². The second kappa shape index (κ2) is 5.92. The minimum atomic E-state index is -0.468. The highest BCUT2D eigenvalue weighted by Crippen LogP contribution is 2.32. The van der Waals surface area contributed by atoms with Crippen molar-refractivity contribution in [1.29, 1.82) is 0 Å². The molecule has 4 aromatic rings. The number of benzene rings is 1. The quantitative estimate of drug-likeness (QED) is 0.472. The van der Waals surface area contributed by atoms with Crippen LogP contribution >= 0.6 is 23.2 Å². The zero-order valence-corrected chi connectivity index (χ0v) is 13.7. The number of rotatable bonds is 3. The summed E-state index contributed by atoms with van der Waals surface area (Å²) in [6.45, 7) is 0.396. The molecule has 4 nitrogen and oxygen atoms in total. The molecule has 3 heterocycles. The van der Waals surface area contributed by atoms with Crippen LogP contribution in [-0.2, 0) is 6.54 Å². The molecule has 0 N–H and O–H groups in total. The van der Waals surface area contributed by atoms with Crippen molar-refractivity contribution in [3.8, 4) is 11.1 Å². The SMILES string of the molecule is Fc1cc(-c2cn(Cc3ncco3)c3nc(Cl)ccc23)ccc1Cl. The Morgan fingerprint density at radius 3 is 2.79 bits per heavy atom. The Kier molecular flexibility index (Phi) is 3.75. The molecular formula is C17H10Cl2FN3O. The van der Waals surface area contributed by atoms with E-state index in [-0.39, 0.29) is 5.02 Å². The predicted octanol–water partition coefficient (Wildman–Crippen LogP) is 5.19. The number of oxazole rings is 1. The fraction of sp³-hybridized carbons (Fsp3) is 0.0588. The Labute approximate surface area is 146 Å². The second-order valence-electron chi connectivity index (χ2n) is 5.23. The third-order valence-electron chi connectivity index (χ3n) is 3.71. The standard InChI is InChI=1S/C17H10Cl2FN3O/c18-13-3-1-10(7-14(13)20)12-8-23(9-16-21-5-6-24-16)17-11(12)2-4-15(19)22-17/h1-8H,9H2. The van der Waals surface area contributed by atoms with E-state index in [1.54, 1.807) is 18.3 Å². The molecule has 0 fully saturated rings. The van der Waals surface area contributed by atoms with Crippen molar-refractivity contribution < 1.29 is 8.81 Å². The van der Waals surface area contributed by atoms with Crippen molar-refractivity contribution in [1.82, 2.24) is 14.5 Å². The van der Waals surface area contributed by atoms with Gasteiger partial charge in [-0.3, -0.25) is 0 Å². The van der Waals surface area contributed by atoms with Crippen LogP contribution in [0.1, 0.15) is 5.89 Å². The molecule has 4 rings (SSSR count). The van der Waals surface area contributed by atoms with E-state index < -0.39 is 5.82 Å². The van der Waals surface area contributed by atoms with Gasteiger partial charge in [0.1, 0.15) is 29.4 Å². The molecule has 0 saturated heterocycles. The van der Waals surface area contributed by atoms with Crippen molar-refractivity contribution in [2.24, 2.45) is 0 Å². The van der Waals surface area contributed by atoms with Gasteiger partial charge in [0.25, 0.3) is 0 Å². The molecule has 1 aromatic carbocycles. The number of fused-ring (bicyclic) bond motifs is 1. The van der Waals surface area contributed by atoms with E-state index in [4.69, 9.17) is 27.6 Å². The Hall–Kier alpha value is -2.37. The molecule has 0 aliphatic rings. The van der Waals surface area contributed by atoms with Crippen LogP contribution in [0.2, 0.25) is 10.2 Å². The number of halogens is 3. The van der Waals surface area contributed by atoms with E-state index in [0.29, 0.717) is 28.8 Å². The maximum atomic E-state index is 13.8. The largest absolute Gasteiger partial charge is 0.447 e. The molecule has 0 spiro atoms. The highest BCUT2D eigenvalue weighted by molar-refractivity contribution is 6.31. The maximum absolute atomic E-state index is 13.8. The minimum Gasteiger partial charge on any atom is -0.447 e. The first-order valence-electron chi connectivity index (χ1n) is 7.11. The highest BCUT2D eigenvalue weighted by Gasteiger charge is 2.15. The van der Waals surface area contributed by atoms with E-state index in [1.807, 2.05) is 16.8 Å². The van der Waals surface area contributed by atoms with Gasteiger partial charge in [-0.1, -0.05) is 29.3 Å². The van der Waals surface area contributed by atoms with Crippen LogP contribution in [-0.4, -0.2) is 14.5 Å². The molecule has 24 heavy (non-hydrogen) atoms. The van der Waals surface area contributed by atoms with Crippen LogP contribution in [0.3, 0.4) is 0 Å². The maximum Gasteiger partial charge on any atom is 0.213 e. The fourth-order valence-electron chi connectivity index (χ4n) is 2.63. The van der Waals surface area contributed by atoms with Gasteiger partial charge in [-0.15, -0.1) is 0 Å². The van der Waals surface area contributed by atoms with Gasteiger partial charge in [0.05, 0.1) is 11.2 Å². The molecule has 3 aromatic heterocycles. The van der Waals surface area contributed by atoms with Gasteiger partial charge < -0.3 is 8.98 Å². The summed E-state index contributed by atoms with van der Waals surface area (Å²) in [4.78, 5) is 8.50. The molecule has 0 unspecified atom stereocenters. The number of aromatic nitrogens is 3. The smallest absolute Gasteiger partial charge is 0.213 e. The average molecular weight is 362 g/mol. The third kappa shape index (κ3) is 2.66. The topological polar surface area (TPSA) is 43.9 Å². The van der Waals surface area contributed by atoms with Crippen LogP contribution in [0, 0.1) is 5.82 Å². The van der Waals surface area contributed by atoms with Gasteiger partial charge >= 0.3 is 0 Å². The molecule has 0 saturated carbocycles. The van der Waals surface area contributed by atoms with Crippen LogP contribution in [0.4, 0.5) is 4.39 Å². The molecule has 120 valence electrons. The zero-order chi connectivity index (χ0) is 16.7. The summed E-state index contributed by atoms with van der Waals surface area (Å²) in [5.41, 5.74) is 2.21. The van der Waals surface area contributed by atoms with E-state index in [0.717, 1.165) is 10.9 Å². The summed E-state index contributed by atoms with van der Waals surface area (Å²) >= 11 is 11.8. The average Bonchev–Trinajstić information content (AvgIpc) is 3.19. The molecule has 0 amide bonds. The van der Waals surface area contributed by atoms with Crippen LogP contribution in [0.5, 0.6) is 0 Å². The number of hydrogen-bond acceptors (Lipinski definition) is 3. The highest BCUT2D eigenvalue weighted by atomic mass is 35.5. The zero-order valence-electron chi connectivity index (χ0n) is 12.2. The van der Waals surface area contributed by atoms with Gasteiger partial charge in [-0.2, -0.15) is 0 Å². The molecule has 0 bridgehead atoms. The van der Waals surface area contributed by atoms with Gasteiger partial charge in [-0.05, 0) is 29.8 Å². The third-order valence-corrected chi connectivity index (χ3v) is 4.23. The summed E-state index contributed by atoms with van der Waals surface area (Å²) in [6, 6.07) is 8.27. The summed E-state index contributed by atoms with van der Waals surface area (Å²) in [7, 11) is 0. The second-order valence-corrected chi connectivity index (χ2v) is 6.02. The molecule has 7 heteroatoms. The summed E-state index contributed by atoms with van der Waals surface area (Å²) in [5.74, 6) is 0.0761. The molecule has 0 radical (unpaired) electrons. The predicted molar refractivity (Wildman–Crippen MR) is 90.8 cm³/mol. The summed E-state index contributed by atoms with van der Waals surface area (Å²) < 4.78 is 21.0. The normalized spacial score (nSPS) is 11.3. The van der Waals surface area contributed by atoms with E-state index in [1.165, 1.54) is 18.4 Å². The monoisotopic (exact) mass is 361 g/mol. The number of hydrogen-bond donors (Lipinski definition) is 0. The van der Waals surface area contributed by atoms with E-state index in [9.17, 15) is 4.39 Å². The Balaban J connectivity index is 1.90. The number of nitrogens with zero attached hydrogens (tertiary/aromatic N) is 3. The van der Waals surface area contributed by atoms with Crippen molar-refractivity contribution in [2.45, 2.75) is 6.54 Å². The molecule has 0 aliphatic heterocycles. The molecular weight excluding hydrogens is 352 g/mol. The van der Waals surface area contributed by atoms with Crippen LogP contribution in [0.25, 0.3) is 22.2 Å². The fourth-order valence-corrected chi connectivity index (χ4v) is 2.89. The Bertz CT molecular complexity index is 1030. The van der Waals surface area contributed by atoms with E-state index >= 15 is 0 Å². The lowest BCUT2D eigenvalue weighted by Gasteiger charge is -2.01. The Morgan fingerprint density at radius 1 is 1.17 bits per heavy atom. The van der Waals surface area contributed by atoms with Gasteiger partial charge in [0.15, 0.2) is 0 Å². The first-order chi connectivity index (χ1) is 11.6.